The molecule has 0 radical (unpaired) electrons. The van der Waals surface area contributed by atoms with E-state index in [2.05, 4.69) is 5.32 Å². The molecule has 2 amide bonds. The van der Waals surface area contributed by atoms with Gasteiger partial charge < -0.3 is 15.0 Å². The van der Waals surface area contributed by atoms with E-state index in [4.69, 9.17) is 4.74 Å². The molecule has 0 aliphatic heterocycles. The van der Waals surface area contributed by atoms with Gasteiger partial charge in [0.05, 0.1) is 19.4 Å². The summed E-state index contributed by atoms with van der Waals surface area (Å²) in [5, 5.41) is 2.70. The molecular formula is C19H22N2O5S. The predicted octanol–water partition coefficient (Wildman–Crippen LogP) is 1.95. The highest BCUT2D eigenvalue weighted by atomic mass is 32.2. The molecule has 0 unspecified atom stereocenters. The van der Waals surface area contributed by atoms with Gasteiger partial charge in [-0.05, 0) is 29.8 Å². The Kier molecular flexibility index (Phi) is 6.57. The summed E-state index contributed by atoms with van der Waals surface area (Å²) < 4.78 is 27.9. The molecule has 27 heavy (non-hydrogen) atoms. The highest BCUT2D eigenvalue weighted by Gasteiger charge is 2.16. The Bertz CT molecular complexity index is 941. The molecule has 2 aromatic carbocycles. The van der Waals surface area contributed by atoms with Crippen molar-refractivity contribution in [3.63, 3.8) is 0 Å². The van der Waals surface area contributed by atoms with Gasteiger partial charge in [-0.15, -0.1) is 0 Å². The lowest BCUT2D eigenvalue weighted by Gasteiger charge is -2.17. The molecule has 0 saturated heterocycles. The summed E-state index contributed by atoms with van der Waals surface area (Å²) in [6, 6.07) is 13.3. The van der Waals surface area contributed by atoms with Crippen LogP contribution in [-0.4, -0.2) is 52.1 Å². The molecule has 0 heterocycles. The Morgan fingerprint density at radius 1 is 1.11 bits per heavy atom. The highest BCUT2D eigenvalue weighted by Crippen LogP contribution is 2.16. The molecule has 7 nitrogen and oxygen atoms in total. The van der Waals surface area contributed by atoms with Gasteiger partial charge in [0.2, 0.25) is 5.91 Å². The van der Waals surface area contributed by atoms with Crippen LogP contribution >= 0.6 is 0 Å². The first-order valence-corrected chi connectivity index (χ1v) is 10.2. The number of amides is 2. The molecule has 144 valence electrons. The van der Waals surface area contributed by atoms with Crippen molar-refractivity contribution in [3.8, 4) is 5.75 Å². The fraction of sp³-hybridized carbons (Fsp3) is 0.263. The van der Waals surface area contributed by atoms with Gasteiger partial charge in [0, 0.05) is 30.6 Å². The standard InChI is InChI=1S/C19H22N2O5S/c1-21(12-18(22)20-16-8-5-9-17(11-16)26-2)19(23)15-7-4-6-14(10-15)13-27(3,24)25/h4-11H,12-13H2,1-3H3,(H,20,22). The first-order valence-electron chi connectivity index (χ1n) is 8.14. The van der Waals surface area contributed by atoms with Gasteiger partial charge in [-0.25, -0.2) is 8.42 Å². The second kappa shape index (κ2) is 8.68. The van der Waals surface area contributed by atoms with Crippen LogP contribution < -0.4 is 10.1 Å². The minimum atomic E-state index is -3.20. The first kappa shape index (κ1) is 20.4. The number of likely N-dealkylation sites (N-methyl/N-ethyl adjacent to an activating group) is 1. The van der Waals surface area contributed by atoms with E-state index in [9.17, 15) is 18.0 Å². The number of nitrogens with one attached hydrogen (secondary N) is 1. The number of carbonyl (C=O) groups is 2. The second-order valence-corrected chi connectivity index (χ2v) is 8.35. The monoisotopic (exact) mass is 390 g/mol. The predicted molar refractivity (Wildman–Crippen MR) is 104 cm³/mol. The van der Waals surface area contributed by atoms with Crippen LogP contribution in [0.3, 0.4) is 0 Å². The quantitative estimate of drug-likeness (QED) is 0.780. The van der Waals surface area contributed by atoms with Gasteiger partial charge in [-0.3, -0.25) is 9.59 Å². The Balaban J connectivity index is 2.02. The van der Waals surface area contributed by atoms with Crippen molar-refractivity contribution in [1.29, 1.82) is 0 Å². The van der Waals surface area contributed by atoms with Crippen molar-refractivity contribution in [2.24, 2.45) is 0 Å². The molecule has 8 heteroatoms. The van der Waals surface area contributed by atoms with Gasteiger partial charge in [0.15, 0.2) is 9.84 Å². The molecule has 0 bridgehead atoms. The fourth-order valence-corrected chi connectivity index (χ4v) is 3.29. The summed E-state index contributed by atoms with van der Waals surface area (Å²) in [7, 11) is -0.155. The summed E-state index contributed by atoms with van der Waals surface area (Å²) in [5.74, 6) is -0.258. The van der Waals surface area contributed by atoms with Crippen LogP contribution in [0.5, 0.6) is 5.75 Å². The lowest BCUT2D eigenvalue weighted by atomic mass is 10.1. The zero-order valence-electron chi connectivity index (χ0n) is 15.4. The van der Waals surface area contributed by atoms with Gasteiger partial charge in [0.25, 0.3) is 5.91 Å². The first-order chi connectivity index (χ1) is 12.7. The van der Waals surface area contributed by atoms with Crippen molar-refractivity contribution in [2.45, 2.75) is 5.75 Å². The van der Waals surface area contributed by atoms with Crippen LogP contribution in [0, 0.1) is 0 Å². The second-order valence-electron chi connectivity index (χ2n) is 6.21. The molecule has 0 atom stereocenters. The zero-order chi connectivity index (χ0) is 20.0. The Morgan fingerprint density at radius 2 is 1.81 bits per heavy atom. The number of hydrogen-bond donors (Lipinski definition) is 1. The number of anilines is 1. The molecule has 0 aromatic heterocycles. The topological polar surface area (TPSA) is 92.8 Å². The SMILES string of the molecule is COc1cccc(NC(=O)CN(C)C(=O)c2cccc(CS(C)(=O)=O)c2)c1. The highest BCUT2D eigenvalue weighted by molar-refractivity contribution is 7.89. The van der Waals surface area contributed by atoms with Crippen molar-refractivity contribution in [3.05, 3.63) is 59.7 Å². The molecule has 0 spiro atoms. The number of carbonyl (C=O) groups excluding carboxylic acids is 2. The third-order valence-electron chi connectivity index (χ3n) is 3.68. The third kappa shape index (κ3) is 6.41. The summed E-state index contributed by atoms with van der Waals surface area (Å²) in [6.45, 7) is -0.146. The molecule has 1 N–H and O–H groups in total. The molecular weight excluding hydrogens is 368 g/mol. The maximum atomic E-state index is 12.5. The minimum absolute atomic E-state index is 0.145. The van der Waals surface area contributed by atoms with Crippen LogP contribution in [0.1, 0.15) is 15.9 Å². The summed E-state index contributed by atoms with van der Waals surface area (Å²) >= 11 is 0. The summed E-state index contributed by atoms with van der Waals surface area (Å²) in [6.07, 6.45) is 1.14. The smallest absolute Gasteiger partial charge is 0.254 e. The minimum Gasteiger partial charge on any atom is -0.497 e. The largest absolute Gasteiger partial charge is 0.497 e. The Hall–Kier alpha value is -2.87. The van der Waals surface area contributed by atoms with Gasteiger partial charge in [0.1, 0.15) is 5.75 Å². The average Bonchev–Trinajstić information content (AvgIpc) is 2.59. The van der Waals surface area contributed by atoms with Gasteiger partial charge >= 0.3 is 0 Å². The lowest BCUT2D eigenvalue weighted by Crippen LogP contribution is -2.35. The maximum absolute atomic E-state index is 12.5. The van der Waals surface area contributed by atoms with Crippen molar-refractivity contribution in [2.75, 3.05) is 32.3 Å². The third-order valence-corrected chi connectivity index (χ3v) is 4.54. The summed E-state index contributed by atoms with van der Waals surface area (Å²) in [4.78, 5) is 26.0. The fourth-order valence-electron chi connectivity index (χ4n) is 2.51. The molecule has 0 aliphatic carbocycles. The van der Waals surface area contributed by atoms with Crippen LogP contribution in [0.15, 0.2) is 48.5 Å². The number of methoxy groups -OCH3 is 1. The molecule has 0 saturated carbocycles. The number of ether oxygens (including phenoxy) is 1. The maximum Gasteiger partial charge on any atom is 0.254 e. The molecule has 0 aliphatic rings. The summed E-state index contributed by atoms with van der Waals surface area (Å²) in [5.41, 5.74) is 1.42. The van der Waals surface area contributed by atoms with Crippen LogP contribution in [-0.2, 0) is 20.4 Å². The van der Waals surface area contributed by atoms with Crippen molar-refractivity contribution < 1.29 is 22.7 Å². The van der Waals surface area contributed by atoms with E-state index in [1.54, 1.807) is 42.5 Å². The van der Waals surface area contributed by atoms with Gasteiger partial charge in [-0.2, -0.15) is 0 Å². The zero-order valence-corrected chi connectivity index (χ0v) is 16.2. The normalized spacial score (nSPS) is 10.9. The Morgan fingerprint density at radius 3 is 2.48 bits per heavy atom. The number of sulfone groups is 1. The van der Waals surface area contributed by atoms with Crippen LogP contribution in [0.4, 0.5) is 5.69 Å². The van der Waals surface area contributed by atoms with Crippen LogP contribution in [0.2, 0.25) is 0 Å². The number of benzene rings is 2. The van der Waals surface area contributed by atoms with Crippen LogP contribution in [0.25, 0.3) is 0 Å². The number of rotatable bonds is 7. The molecule has 0 fully saturated rings. The van der Waals surface area contributed by atoms with Gasteiger partial charge in [-0.1, -0.05) is 18.2 Å². The lowest BCUT2D eigenvalue weighted by molar-refractivity contribution is -0.116. The average molecular weight is 390 g/mol. The number of nitrogens with zero attached hydrogens (tertiary/aromatic N) is 1. The van der Waals surface area contributed by atoms with E-state index in [1.807, 2.05) is 0 Å². The van der Waals surface area contributed by atoms with E-state index in [-0.39, 0.29) is 24.1 Å². The van der Waals surface area contributed by atoms with Crippen molar-refractivity contribution >= 4 is 27.3 Å². The van der Waals surface area contributed by atoms with E-state index >= 15 is 0 Å². The molecule has 2 aromatic rings. The van der Waals surface area contributed by atoms with E-state index in [0.717, 1.165) is 6.26 Å². The van der Waals surface area contributed by atoms with E-state index in [0.29, 0.717) is 22.6 Å². The van der Waals surface area contributed by atoms with E-state index in [1.165, 1.54) is 25.1 Å². The Labute approximate surface area is 158 Å². The molecule has 2 rings (SSSR count). The van der Waals surface area contributed by atoms with Crippen molar-refractivity contribution in [1.82, 2.24) is 4.90 Å². The number of hydrogen-bond acceptors (Lipinski definition) is 5. The van der Waals surface area contributed by atoms with E-state index < -0.39 is 9.84 Å².